The lowest BCUT2D eigenvalue weighted by Crippen LogP contribution is -2.38. The molecular weight excluding hydrogens is 264 g/mol. The summed E-state index contributed by atoms with van der Waals surface area (Å²) in [5.41, 5.74) is 7.73. The average molecular weight is 284 g/mol. The van der Waals surface area contributed by atoms with E-state index >= 15 is 0 Å². The SMILES string of the molecule is CC1CCCCN1c1ncnc(Nc2cccnc2)c1N. The molecular formula is C15H20N6. The minimum Gasteiger partial charge on any atom is -0.393 e. The Morgan fingerprint density at radius 3 is 3.00 bits per heavy atom. The first-order valence-corrected chi connectivity index (χ1v) is 7.30. The number of rotatable bonds is 3. The molecule has 0 aliphatic carbocycles. The molecule has 21 heavy (non-hydrogen) atoms. The van der Waals surface area contributed by atoms with E-state index in [4.69, 9.17) is 5.73 Å². The number of aromatic nitrogens is 3. The zero-order valence-electron chi connectivity index (χ0n) is 12.2. The normalized spacial score (nSPS) is 18.5. The Bertz CT molecular complexity index is 600. The Balaban J connectivity index is 1.88. The maximum Gasteiger partial charge on any atom is 0.159 e. The van der Waals surface area contributed by atoms with Gasteiger partial charge in [0.2, 0.25) is 0 Å². The molecule has 0 aromatic carbocycles. The van der Waals surface area contributed by atoms with Gasteiger partial charge in [0, 0.05) is 18.8 Å². The van der Waals surface area contributed by atoms with Crippen LogP contribution in [-0.4, -0.2) is 27.5 Å². The first kappa shape index (κ1) is 13.6. The molecule has 0 radical (unpaired) electrons. The summed E-state index contributed by atoms with van der Waals surface area (Å²) >= 11 is 0. The summed E-state index contributed by atoms with van der Waals surface area (Å²) in [7, 11) is 0. The number of nitrogen functional groups attached to an aromatic ring is 1. The largest absolute Gasteiger partial charge is 0.393 e. The summed E-state index contributed by atoms with van der Waals surface area (Å²) in [5, 5.41) is 3.20. The molecule has 6 heteroatoms. The fourth-order valence-electron chi connectivity index (χ4n) is 2.70. The number of nitrogens with two attached hydrogens (primary N) is 1. The zero-order valence-corrected chi connectivity index (χ0v) is 12.2. The molecule has 0 amide bonds. The molecule has 110 valence electrons. The van der Waals surface area contributed by atoms with Gasteiger partial charge in [-0.15, -0.1) is 0 Å². The number of hydrogen-bond donors (Lipinski definition) is 2. The van der Waals surface area contributed by atoms with Crippen LogP contribution < -0.4 is 16.0 Å². The lowest BCUT2D eigenvalue weighted by molar-refractivity contribution is 0.481. The fourth-order valence-corrected chi connectivity index (χ4v) is 2.70. The second kappa shape index (κ2) is 5.95. The van der Waals surface area contributed by atoms with Gasteiger partial charge >= 0.3 is 0 Å². The van der Waals surface area contributed by atoms with E-state index in [0.29, 0.717) is 17.5 Å². The first-order valence-electron chi connectivity index (χ1n) is 7.30. The summed E-state index contributed by atoms with van der Waals surface area (Å²) in [6.07, 6.45) is 8.66. The number of pyridine rings is 1. The van der Waals surface area contributed by atoms with Gasteiger partial charge in [-0.2, -0.15) is 0 Å². The standard InChI is InChI=1S/C15H20N6/c1-11-5-2-3-8-21(11)15-13(16)14(18-10-19-15)20-12-6-4-7-17-9-12/h4,6-7,9-11H,2-3,5,8,16H2,1H3,(H,18,19,20). The van der Waals surface area contributed by atoms with Crippen LogP contribution in [0.3, 0.4) is 0 Å². The van der Waals surface area contributed by atoms with Crippen molar-refractivity contribution in [2.45, 2.75) is 32.2 Å². The molecule has 0 spiro atoms. The highest BCUT2D eigenvalue weighted by Gasteiger charge is 2.22. The smallest absolute Gasteiger partial charge is 0.159 e. The number of hydrogen-bond acceptors (Lipinski definition) is 6. The zero-order chi connectivity index (χ0) is 14.7. The Morgan fingerprint density at radius 2 is 2.24 bits per heavy atom. The molecule has 3 rings (SSSR count). The molecule has 2 aromatic rings. The van der Waals surface area contributed by atoms with Crippen molar-refractivity contribution in [3.63, 3.8) is 0 Å². The Labute approximate surface area is 124 Å². The monoisotopic (exact) mass is 284 g/mol. The number of anilines is 4. The molecule has 0 saturated carbocycles. The molecule has 1 aliphatic rings. The van der Waals surface area contributed by atoms with Gasteiger partial charge in [0.25, 0.3) is 0 Å². The Hall–Kier alpha value is -2.37. The quantitative estimate of drug-likeness (QED) is 0.901. The van der Waals surface area contributed by atoms with Crippen LogP contribution in [0.1, 0.15) is 26.2 Å². The molecule has 1 aliphatic heterocycles. The van der Waals surface area contributed by atoms with Crippen LogP contribution in [0.15, 0.2) is 30.9 Å². The average Bonchev–Trinajstić information content (AvgIpc) is 2.51. The predicted molar refractivity (Wildman–Crippen MR) is 84.6 cm³/mol. The van der Waals surface area contributed by atoms with Crippen LogP contribution in [0, 0.1) is 0 Å². The highest BCUT2D eigenvalue weighted by Crippen LogP contribution is 2.32. The van der Waals surface area contributed by atoms with Crippen LogP contribution in [-0.2, 0) is 0 Å². The van der Waals surface area contributed by atoms with Gasteiger partial charge in [-0.3, -0.25) is 4.98 Å². The third-order valence-corrected chi connectivity index (χ3v) is 3.86. The van der Waals surface area contributed by atoms with Gasteiger partial charge in [-0.1, -0.05) is 0 Å². The minimum atomic E-state index is 0.460. The number of piperidine rings is 1. The number of nitrogens with one attached hydrogen (secondary N) is 1. The van der Waals surface area contributed by atoms with E-state index in [-0.39, 0.29) is 0 Å². The molecule has 3 heterocycles. The minimum absolute atomic E-state index is 0.460. The topological polar surface area (TPSA) is 80.0 Å². The van der Waals surface area contributed by atoms with E-state index in [1.54, 1.807) is 18.7 Å². The lowest BCUT2D eigenvalue weighted by Gasteiger charge is -2.35. The van der Waals surface area contributed by atoms with E-state index in [9.17, 15) is 0 Å². The van der Waals surface area contributed by atoms with Crippen molar-refractivity contribution in [2.75, 3.05) is 22.5 Å². The highest BCUT2D eigenvalue weighted by atomic mass is 15.2. The predicted octanol–water partition coefficient (Wildman–Crippen LogP) is 2.58. The van der Waals surface area contributed by atoms with Crippen LogP contribution in [0.25, 0.3) is 0 Å². The number of nitrogens with zero attached hydrogens (tertiary/aromatic N) is 4. The summed E-state index contributed by atoms with van der Waals surface area (Å²) in [4.78, 5) is 15.0. The van der Waals surface area contributed by atoms with Gasteiger partial charge in [-0.25, -0.2) is 9.97 Å². The first-order chi connectivity index (χ1) is 10.3. The van der Waals surface area contributed by atoms with Gasteiger partial charge in [0.15, 0.2) is 11.6 Å². The lowest BCUT2D eigenvalue weighted by atomic mass is 10.0. The van der Waals surface area contributed by atoms with E-state index < -0.39 is 0 Å². The third kappa shape index (κ3) is 2.89. The van der Waals surface area contributed by atoms with Crippen molar-refractivity contribution in [1.82, 2.24) is 15.0 Å². The van der Waals surface area contributed by atoms with E-state index in [1.165, 1.54) is 19.3 Å². The van der Waals surface area contributed by atoms with Gasteiger partial charge < -0.3 is 16.0 Å². The fraction of sp³-hybridized carbons (Fsp3) is 0.400. The summed E-state index contributed by atoms with van der Waals surface area (Å²) < 4.78 is 0. The van der Waals surface area contributed by atoms with Crippen molar-refractivity contribution in [1.29, 1.82) is 0 Å². The second-order valence-electron chi connectivity index (χ2n) is 5.36. The van der Waals surface area contributed by atoms with Crippen molar-refractivity contribution < 1.29 is 0 Å². The molecule has 1 saturated heterocycles. The van der Waals surface area contributed by atoms with Crippen molar-refractivity contribution >= 4 is 23.0 Å². The maximum atomic E-state index is 6.27. The highest BCUT2D eigenvalue weighted by molar-refractivity contribution is 5.78. The van der Waals surface area contributed by atoms with E-state index in [0.717, 1.165) is 18.1 Å². The molecule has 1 unspecified atom stereocenters. The molecule has 1 fully saturated rings. The van der Waals surface area contributed by atoms with Crippen LogP contribution in [0.5, 0.6) is 0 Å². The van der Waals surface area contributed by atoms with Gasteiger partial charge in [-0.05, 0) is 38.3 Å². The summed E-state index contributed by atoms with van der Waals surface area (Å²) in [5.74, 6) is 1.45. The maximum absolute atomic E-state index is 6.27. The molecule has 2 aromatic heterocycles. The van der Waals surface area contributed by atoms with Crippen LogP contribution >= 0.6 is 0 Å². The Kier molecular flexibility index (Phi) is 3.85. The van der Waals surface area contributed by atoms with Crippen LogP contribution in [0.2, 0.25) is 0 Å². The summed E-state index contributed by atoms with van der Waals surface area (Å²) in [6, 6.07) is 4.26. The van der Waals surface area contributed by atoms with E-state index in [1.807, 2.05) is 12.1 Å². The van der Waals surface area contributed by atoms with Crippen molar-refractivity contribution in [3.05, 3.63) is 30.9 Å². The van der Waals surface area contributed by atoms with E-state index in [2.05, 4.69) is 32.1 Å². The molecule has 3 N–H and O–H groups in total. The second-order valence-corrected chi connectivity index (χ2v) is 5.36. The third-order valence-electron chi connectivity index (χ3n) is 3.86. The van der Waals surface area contributed by atoms with Gasteiger partial charge in [0.1, 0.15) is 12.0 Å². The van der Waals surface area contributed by atoms with Gasteiger partial charge in [0.05, 0.1) is 11.9 Å². The Morgan fingerprint density at radius 1 is 1.33 bits per heavy atom. The molecule has 1 atom stereocenters. The summed E-state index contributed by atoms with van der Waals surface area (Å²) in [6.45, 7) is 3.21. The van der Waals surface area contributed by atoms with Crippen molar-refractivity contribution in [3.8, 4) is 0 Å². The van der Waals surface area contributed by atoms with Crippen LogP contribution in [0.4, 0.5) is 23.0 Å². The van der Waals surface area contributed by atoms with Crippen molar-refractivity contribution in [2.24, 2.45) is 0 Å². The molecule has 6 nitrogen and oxygen atoms in total. The molecule has 0 bridgehead atoms.